The van der Waals surface area contributed by atoms with Crippen molar-refractivity contribution in [2.45, 2.75) is 37.8 Å². The van der Waals surface area contributed by atoms with Crippen LogP contribution in [-0.4, -0.2) is 94.8 Å². The van der Waals surface area contributed by atoms with Gasteiger partial charge in [-0.1, -0.05) is 0 Å². The second kappa shape index (κ2) is 12.3. The SMILES string of the molecule is CN(C)[C@@H]1C[C@@H]2CN(C(=O)c3c[nH]c(=O)cn3)C[C@@H]2C[C@H]1OCC1CC1.O=CO.O=CO. The zero-order valence-electron chi connectivity index (χ0n) is 18.4. The van der Waals surface area contributed by atoms with Crippen molar-refractivity contribution < 1.29 is 29.3 Å². The number of ether oxygens (including phenoxy) is 1. The van der Waals surface area contributed by atoms with Crippen molar-refractivity contribution in [2.24, 2.45) is 17.8 Å². The van der Waals surface area contributed by atoms with Gasteiger partial charge in [0.05, 0.1) is 12.3 Å². The molecule has 0 aromatic carbocycles. The summed E-state index contributed by atoms with van der Waals surface area (Å²) >= 11 is 0. The molecule has 3 aliphatic rings. The number of aromatic amines is 1. The van der Waals surface area contributed by atoms with E-state index in [9.17, 15) is 9.59 Å². The van der Waals surface area contributed by atoms with Crippen LogP contribution in [-0.2, 0) is 14.3 Å². The number of likely N-dealkylation sites (N-methyl/N-ethyl adjacent to an activating group) is 1. The van der Waals surface area contributed by atoms with Gasteiger partial charge in [-0.3, -0.25) is 19.2 Å². The first-order valence-corrected chi connectivity index (χ1v) is 10.6. The van der Waals surface area contributed by atoms with E-state index in [0.717, 1.165) is 38.5 Å². The molecule has 4 rings (SSSR count). The summed E-state index contributed by atoms with van der Waals surface area (Å²) in [5, 5.41) is 13.8. The minimum atomic E-state index is -0.291. The Balaban J connectivity index is 0.000000547. The van der Waals surface area contributed by atoms with Crippen LogP contribution in [0.15, 0.2) is 17.2 Å². The van der Waals surface area contributed by atoms with Gasteiger partial charge in [-0.05, 0) is 57.5 Å². The second-order valence-corrected chi connectivity index (χ2v) is 8.56. The van der Waals surface area contributed by atoms with E-state index in [2.05, 4.69) is 29.0 Å². The monoisotopic (exact) mass is 452 g/mol. The summed E-state index contributed by atoms with van der Waals surface area (Å²) in [6.07, 6.45) is 7.53. The second-order valence-electron chi connectivity index (χ2n) is 8.56. The molecule has 4 atom stereocenters. The quantitative estimate of drug-likeness (QED) is 0.538. The number of aromatic nitrogens is 2. The van der Waals surface area contributed by atoms with Gasteiger partial charge in [0.2, 0.25) is 0 Å². The third-order valence-corrected chi connectivity index (χ3v) is 6.17. The fourth-order valence-corrected chi connectivity index (χ4v) is 4.44. The molecule has 2 saturated carbocycles. The first-order valence-electron chi connectivity index (χ1n) is 10.6. The highest BCUT2D eigenvalue weighted by Gasteiger charge is 2.45. The van der Waals surface area contributed by atoms with E-state index >= 15 is 0 Å². The van der Waals surface area contributed by atoms with Gasteiger partial charge in [-0.25, -0.2) is 4.98 Å². The third kappa shape index (κ3) is 7.13. The number of H-pyrrole nitrogens is 1. The Labute approximate surface area is 186 Å². The summed E-state index contributed by atoms with van der Waals surface area (Å²) in [5.41, 5.74) is 0.0232. The molecule has 1 aromatic heterocycles. The number of carbonyl (C=O) groups is 3. The highest BCUT2D eigenvalue weighted by atomic mass is 16.5. The summed E-state index contributed by atoms with van der Waals surface area (Å²) in [7, 11) is 4.25. The Hall–Kier alpha value is -2.79. The van der Waals surface area contributed by atoms with Gasteiger partial charge in [0.25, 0.3) is 24.4 Å². The molecule has 0 unspecified atom stereocenters. The van der Waals surface area contributed by atoms with E-state index in [0.29, 0.717) is 23.6 Å². The molecule has 0 radical (unpaired) electrons. The fraction of sp³-hybridized carbons (Fsp3) is 0.667. The van der Waals surface area contributed by atoms with E-state index in [1.54, 1.807) is 0 Å². The number of hydrogen-bond acceptors (Lipinski definition) is 7. The Morgan fingerprint density at radius 2 is 1.81 bits per heavy atom. The molecular formula is C21H32N4O7. The number of amides is 1. The molecule has 1 aliphatic heterocycles. The predicted molar refractivity (Wildman–Crippen MR) is 114 cm³/mol. The topological polar surface area (TPSA) is 153 Å². The minimum absolute atomic E-state index is 0.0903. The molecule has 2 aliphatic carbocycles. The largest absolute Gasteiger partial charge is 0.483 e. The first-order chi connectivity index (χ1) is 15.3. The number of carbonyl (C=O) groups excluding carboxylic acids is 1. The standard InChI is InChI=1S/C19H28N4O3.2CH2O2/c1-22(2)16-5-13-9-23(19(25)15-7-21-18(24)8-20-15)10-14(13)6-17(16)26-11-12-3-4-12;2*2-1-3/h7-8,12-14,16-17H,3-6,9-11H2,1-2H3,(H,21,24);2*1H,(H,2,3)/t13-,14+,16-,17-;;/m1../s1. The van der Waals surface area contributed by atoms with Crippen molar-refractivity contribution in [1.29, 1.82) is 0 Å². The van der Waals surface area contributed by atoms with E-state index in [-0.39, 0.29) is 30.5 Å². The zero-order valence-corrected chi connectivity index (χ0v) is 18.4. The van der Waals surface area contributed by atoms with Gasteiger partial charge >= 0.3 is 0 Å². The van der Waals surface area contributed by atoms with Gasteiger partial charge in [0.15, 0.2) is 0 Å². The van der Waals surface area contributed by atoms with Crippen molar-refractivity contribution in [3.63, 3.8) is 0 Å². The Morgan fingerprint density at radius 1 is 1.22 bits per heavy atom. The minimum Gasteiger partial charge on any atom is -0.483 e. The van der Waals surface area contributed by atoms with Gasteiger partial charge < -0.3 is 29.7 Å². The van der Waals surface area contributed by atoms with Gasteiger partial charge in [-0.15, -0.1) is 0 Å². The van der Waals surface area contributed by atoms with Gasteiger partial charge in [0, 0.05) is 31.9 Å². The van der Waals surface area contributed by atoms with Crippen LogP contribution in [0, 0.1) is 17.8 Å². The molecule has 178 valence electrons. The maximum Gasteiger partial charge on any atom is 0.290 e. The summed E-state index contributed by atoms with van der Waals surface area (Å²) < 4.78 is 6.29. The average molecular weight is 453 g/mol. The normalized spacial score (nSPS) is 26.2. The molecule has 3 fully saturated rings. The number of rotatable bonds is 5. The smallest absolute Gasteiger partial charge is 0.290 e. The maximum absolute atomic E-state index is 12.7. The summed E-state index contributed by atoms with van der Waals surface area (Å²) in [5.74, 6) is 1.67. The lowest BCUT2D eigenvalue weighted by atomic mass is 9.77. The van der Waals surface area contributed by atoms with Crippen molar-refractivity contribution in [3.8, 4) is 0 Å². The maximum atomic E-state index is 12.7. The number of nitrogens with one attached hydrogen (secondary N) is 1. The Kier molecular flexibility index (Phi) is 9.79. The number of hydrogen-bond donors (Lipinski definition) is 3. The molecule has 0 bridgehead atoms. The van der Waals surface area contributed by atoms with E-state index in [4.69, 9.17) is 24.5 Å². The summed E-state index contributed by atoms with van der Waals surface area (Å²) in [6.45, 7) is 1.91. The van der Waals surface area contributed by atoms with Crippen LogP contribution in [0.3, 0.4) is 0 Å². The lowest BCUT2D eigenvalue weighted by Gasteiger charge is -2.41. The van der Waals surface area contributed by atoms with Crippen LogP contribution in [0.25, 0.3) is 0 Å². The molecular weight excluding hydrogens is 420 g/mol. The fourth-order valence-electron chi connectivity index (χ4n) is 4.44. The van der Waals surface area contributed by atoms with Crippen LogP contribution < -0.4 is 5.56 Å². The van der Waals surface area contributed by atoms with Crippen molar-refractivity contribution in [1.82, 2.24) is 19.8 Å². The highest BCUT2D eigenvalue weighted by molar-refractivity contribution is 5.92. The Bertz CT molecular complexity index is 785. The zero-order chi connectivity index (χ0) is 23.7. The predicted octanol–water partition coefficient (Wildman–Crippen LogP) is 0.379. The molecule has 2 heterocycles. The summed E-state index contributed by atoms with van der Waals surface area (Å²) in [4.78, 5) is 51.3. The first kappa shape index (κ1) is 25.5. The summed E-state index contributed by atoms with van der Waals surface area (Å²) in [6, 6.07) is 0.413. The molecule has 3 N–H and O–H groups in total. The molecule has 11 nitrogen and oxygen atoms in total. The van der Waals surface area contributed by atoms with Crippen molar-refractivity contribution >= 4 is 18.9 Å². The van der Waals surface area contributed by atoms with Crippen molar-refractivity contribution in [3.05, 3.63) is 28.4 Å². The lowest BCUT2D eigenvalue weighted by Crippen LogP contribution is -2.48. The van der Waals surface area contributed by atoms with Gasteiger partial charge in [0.1, 0.15) is 5.69 Å². The molecule has 0 spiro atoms. The average Bonchev–Trinajstić information content (AvgIpc) is 3.49. The molecule has 11 heteroatoms. The molecule has 32 heavy (non-hydrogen) atoms. The number of carboxylic acid groups (broad SMARTS) is 2. The van der Waals surface area contributed by atoms with E-state index in [1.165, 1.54) is 25.2 Å². The highest BCUT2D eigenvalue weighted by Crippen LogP contribution is 2.40. The number of fused-ring (bicyclic) bond motifs is 1. The molecule has 1 aromatic rings. The lowest BCUT2D eigenvalue weighted by molar-refractivity contribution is -0.123. The van der Waals surface area contributed by atoms with Crippen LogP contribution in [0.4, 0.5) is 0 Å². The Morgan fingerprint density at radius 3 is 2.31 bits per heavy atom. The van der Waals surface area contributed by atoms with E-state index < -0.39 is 0 Å². The number of likely N-dealkylation sites (tertiary alicyclic amines) is 1. The third-order valence-electron chi connectivity index (χ3n) is 6.17. The van der Waals surface area contributed by atoms with Crippen molar-refractivity contribution in [2.75, 3.05) is 33.8 Å². The van der Waals surface area contributed by atoms with Crippen LogP contribution in [0.2, 0.25) is 0 Å². The van der Waals surface area contributed by atoms with Crippen LogP contribution >= 0.6 is 0 Å². The van der Waals surface area contributed by atoms with Crippen LogP contribution in [0.5, 0.6) is 0 Å². The van der Waals surface area contributed by atoms with Gasteiger partial charge in [-0.2, -0.15) is 0 Å². The van der Waals surface area contributed by atoms with Crippen LogP contribution in [0.1, 0.15) is 36.2 Å². The molecule has 1 amide bonds. The molecule has 1 saturated heterocycles. The number of nitrogens with zero attached hydrogens (tertiary/aromatic N) is 3. The van der Waals surface area contributed by atoms with E-state index in [1.807, 2.05) is 4.90 Å².